The summed E-state index contributed by atoms with van der Waals surface area (Å²) in [6, 6.07) is 5.70. The Hall–Kier alpha value is -2.02. The molecule has 2 amide bonds. The number of methoxy groups -OCH3 is 1. The number of hydrogen-bond donors (Lipinski definition) is 2. The van der Waals surface area contributed by atoms with Crippen LogP contribution in [0.25, 0.3) is 0 Å². The Balaban J connectivity index is 2.71. The first-order valence-electron chi connectivity index (χ1n) is 6.30. The van der Waals surface area contributed by atoms with E-state index < -0.39 is 12.0 Å². The van der Waals surface area contributed by atoms with Crippen molar-refractivity contribution in [3.8, 4) is 0 Å². The summed E-state index contributed by atoms with van der Waals surface area (Å²) >= 11 is 1.59. The van der Waals surface area contributed by atoms with Crippen LogP contribution in [0.3, 0.4) is 0 Å². The Kier molecular flexibility index (Phi) is 7.31. The molecule has 0 unspecified atom stereocenters. The van der Waals surface area contributed by atoms with Gasteiger partial charge in [-0.25, -0.2) is 4.79 Å². The summed E-state index contributed by atoms with van der Waals surface area (Å²) in [7, 11) is 1.29. The molecule has 0 aliphatic carbocycles. The van der Waals surface area contributed by atoms with Crippen LogP contribution in [0.1, 0.15) is 16.8 Å². The lowest BCUT2D eigenvalue weighted by atomic mass is 10.1. The van der Waals surface area contributed by atoms with Crippen LogP contribution in [0.15, 0.2) is 24.3 Å². The standard InChI is InChI=1S/C14H18N2O4S/c1-20-14(19)12(7-8-21-2)16-13(18)10-3-5-11(6-4-10)15-9-17/h3-6,9,12H,7-8H2,1-2H3,(H,15,17)(H,16,18)/t12-/m1/s1. The molecule has 0 aromatic heterocycles. The third-order valence-corrected chi connectivity index (χ3v) is 3.42. The van der Waals surface area contributed by atoms with E-state index in [1.54, 1.807) is 36.0 Å². The van der Waals surface area contributed by atoms with Gasteiger partial charge in [-0.3, -0.25) is 9.59 Å². The predicted molar refractivity (Wildman–Crippen MR) is 82.4 cm³/mol. The van der Waals surface area contributed by atoms with E-state index >= 15 is 0 Å². The van der Waals surface area contributed by atoms with E-state index in [9.17, 15) is 14.4 Å². The molecule has 0 fully saturated rings. The molecular formula is C14H18N2O4S. The molecule has 2 N–H and O–H groups in total. The normalized spacial score (nSPS) is 11.3. The molecule has 7 heteroatoms. The number of carbonyl (C=O) groups excluding carboxylic acids is 3. The first-order valence-corrected chi connectivity index (χ1v) is 7.69. The number of amides is 2. The van der Waals surface area contributed by atoms with Gasteiger partial charge in [0.2, 0.25) is 6.41 Å². The molecule has 1 aromatic carbocycles. The lowest BCUT2D eigenvalue weighted by Gasteiger charge is -2.16. The largest absolute Gasteiger partial charge is 0.467 e. The number of anilines is 1. The van der Waals surface area contributed by atoms with Crippen molar-refractivity contribution in [2.75, 3.05) is 24.4 Å². The summed E-state index contributed by atoms with van der Waals surface area (Å²) in [4.78, 5) is 34.0. The maximum Gasteiger partial charge on any atom is 0.328 e. The fraction of sp³-hybridized carbons (Fsp3) is 0.357. The molecule has 1 rings (SSSR count). The third-order valence-electron chi connectivity index (χ3n) is 2.77. The van der Waals surface area contributed by atoms with Crippen LogP contribution in [0.4, 0.5) is 5.69 Å². The number of thioether (sulfide) groups is 1. The fourth-order valence-corrected chi connectivity index (χ4v) is 2.13. The fourth-order valence-electron chi connectivity index (χ4n) is 1.65. The Bertz CT molecular complexity index is 490. The maximum atomic E-state index is 12.1. The quantitative estimate of drug-likeness (QED) is 0.558. The smallest absolute Gasteiger partial charge is 0.328 e. The summed E-state index contributed by atoms with van der Waals surface area (Å²) in [5.41, 5.74) is 0.998. The van der Waals surface area contributed by atoms with E-state index in [1.165, 1.54) is 7.11 Å². The molecule has 0 aliphatic rings. The Morgan fingerprint density at radius 1 is 1.33 bits per heavy atom. The van der Waals surface area contributed by atoms with Crippen LogP contribution in [0.5, 0.6) is 0 Å². The van der Waals surface area contributed by atoms with Gasteiger partial charge in [-0.05, 0) is 42.7 Å². The average Bonchev–Trinajstić information content (AvgIpc) is 2.51. The van der Waals surface area contributed by atoms with Crippen LogP contribution in [-0.4, -0.2) is 43.4 Å². The Labute approximate surface area is 127 Å². The number of carbonyl (C=O) groups is 3. The van der Waals surface area contributed by atoms with E-state index in [1.807, 2.05) is 6.26 Å². The van der Waals surface area contributed by atoms with Crippen LogP contribution in [0, 0.1) is 0 Å². The highest BCUT2D eigenvalue weighted by molar-refractivity contribution is 7.98. The SMILES string of the molecule is COC(=O)[C@@H](CCSC)NC(=O)c1ccc(NC=O)cc1. The number of nitrogens with one attached hydrogen (secondary N) is 2. The monoisotopic (exact) mass is 310 g/mol. The minimum Gasteiger partial charge on any atom is -0.467 e. The molecule has 0 radical (unpaired) electrons. The van der Waals surface area contributed by atoms with Crippen molar-refractivity contribution in [2.24, 2.45) is 0 Å². The summed E-state index contributed by atoms with van der Waals surface area (Å²) < 4.78 is 4.69. The first-order chi connectivity index (χ1) is 10.1. The topological polar surface area (TPSA) is 84.5 Å². The van der Waals surface area contributed by atoms with Crippen LogP contribution in [0.2, 0.25) is 0 Å². The highest BCUT2D eigenvalue weighted by Crippen LogP contribution is 2.10. The molecule has 0 saturated heterocycles. The molecule has 0 bridgehead atoms. The zero-order valence-electron chi connectivity index (χ0n) is 11.9. The second-order valence-electron chi connectivity index (χ2n) is 4.17. The molecule has 0 heterocycles. The van der Waals surface area contributed by atoms with Crippen molar-refractivity contribution in [3.05, 3.63) is 29.8 Å². The molecule has 1 atom stereocenters. The molecular weight excluding hydrogens is 292 g/mol. The average molecular weight is 310 g/mol. The van der Waals surface area contributed by atoms with E-state index in [-0.39, 0.29) is 5.91 Å². The summed E-state index contributed by atoms with van der Waals surface area (Å²) in [6.45, 7) is 0. The van der Waals surface area contributed by atoms with E-state index in [0.717, 1.165) is 5.75 Å². The van der Waals surface area contributed by atoms with Gasteiger partial charge in [-0.2, -0.15) is 11.8 Å². The van der Waals surface area contributed by atoms with Crippen molar-refractivity contribution < 1.29 is 19.1 Å². The van der Waals surface area contributed by atoms with Crippen LogP contribution < -0.4 is 10.6 Å². The van der Waals surface area contributed by atoms with Gasteiger partial charge < -0.3 is 15.4 Å². The van der Waals surface area contributed by atoms with Crippen molar-refractivity contribution in [1.29, 1.82) is 0 Å². The zero-order chi connectivity index (χ0) is 15.7. The van der Waals surface area contributed by atoms with Gasteiger partial charge in [0, 0.05) is 11.3 Å². The molecule has 21 heavy (non-hydrogen) atoms. The lowest BCUT2D eigenvalue weighted by molar-refractivity contribution is -0.142. The zero-order valence-corrected chi connectivity index (χ0v) is 12.7. The third kappa shape index (κ3) is 5.47. The summed E-state index contributed by atoms with van der Waals surface area (Å²) in [5, 5.41) is 5.13. The van der Waals surface area contributed by atoms with E-state index in [4.69, 9.17) is 0 Å². The van der Waals surface area contributed by atoms with E-state index in [0.29, 0.717) is 24.1 Å². The van der Waals surface area contributed by atoms with E-state index in [2.05, 4.69) is 15.4 Å². The van der Waals surface area contributed by atoms with Crippen molar-refractivity contribution >= 4 is 35.7 Å². The Morgan fingerprint density at radius 2 is 2.00 bits per heavy atom. The maximum absolute atomic E-state index is 12.1. The summed E-state index contributed by atoms with van der Waals surface area (Å²) in [6.07, 6.45) is 2.99. The number of benzene rings is 1. The highest BCUT2D eigenvalue weighted by Gasteiger charge is 2.21. The van der Waals surface area contributed by atoms with Crippen molar-refractivity contribution in [3.63, 3.8) is 0 Å². The number of rotatable bonds is 8. The summed E-state index contributed by atoms with van der Waals surface area (Å²) in [5.74, 6) is -0.0804. The highest BCUT2D eigenvalue weighted by atomic mass is 32.2. The molecule has 0 aliphatic heterocycles. The molecule has 0 saturated carbocycles. The molecule has 0 spiro atoms. The van der Waals surface area contributed by atoms with Crippen LogP contribution >= 0.6 is 11.8 Å². The van der Waals surface area contributed by atoms with Gasteiger partial charge in [0.15, 0.2) is 0 Å². The van der Waals surface area contributed by atoms with Gasteiger partial charge in [-0.1, -0.05) is 0 Å². The van der Waals surface area contributed by atoms with Gasteiger partial charge in [0.25, 0.3) is 5.91 Å². The second-order valence-corrected chi connectivity index (χ2v) is 5.16. The lowest BCUT2D eigenvalue weighted by Crippen LogP contribution is -2.41. The van der Waals surface area contributed by atoms with Gasteiger partial charge in [0.05, 0.1) is 7.11 Å². The molecule has 1 aromatic rings. The van der Waals surface area contributed by atoms with Gasteiger partial charge in [-0.15, -0.1) is 0 Å². The number of esters is 1. The minimum atomic E-state index is -0.664. The molecule has 114 valence electrons. The second kappa shape index (κ2) is 9.02. The van der Waals surface area contributed by atoms with Crippen LogP contribution in [-0.2, 0) is 14.3 Å². The van der Waals surface area contributed by atoms with Gasteiger partial charge >= 0.3 is 5.97 Å². The Morgan fingerprint density at radius 3 is 2.52 bits per heavy atom. The van der Waals surface area contributed by atoms with Crippen molar-refractivity contribution in [2.45, 2.75) is 12.5 Å². The molecule has 6 nitrogen and oxygen atoms in total. The first kappa shape index (κ1) is 17.0. The number of hydrogen-bond acceptors (Lipinski definition) is 5. The minimum absolute atomic E-state index is 0.357. The van der Waals surface area contributed by atoms with Gasteiger partial charge in [0.1, 0.15) is 6.04 Å². The van der Waals surface area contributed by atoms with Crippen molar-refractivity contribution in [1.82, 2.24) is 5.32 Å². The predicted octanol–water partition coefficient (Wildman–Crippen LogP) is 1.28. The number of ether oxygens (including phenoxy) is 1.